The summed E-state index contributed by atoms with van der Waals surface area (Å²) in [6.07, 6.45) is 39.9. The summed E-state index contributed by atoms with van der Waals surface area (Å²) in [7, 11) is 14.0. The second-order valence-electron chi connectivity index (χ2n) is 40.9. The van der Waals surface area contributed by atoms with Crippen molar-refractivity contribution in [2.45, 2.75) is 173 Å². The number of anilines is 3. The highest BCUT2D eigenvalue weighted by Crippen LogP contribution is 2.59. The molecule has 0 spiro atoms. The molecule has 21 rings (SSSR count). The summed E-state index contributed by atoms with van der Waals surface area (Å²) in [5, 5.41) is 15.6. The van der Waals surface area contributed by atoms with Crippen LogP contribution in [0.1, 0.15) is 174 Å². The van der Waals surface area contributed by atoms with Gasteiger partial charge in [0.25, 0.3) is 0 Å². The molecule has 0 amide bonds. The monoisotopic (exact) mass is 1660 g/mol. The summed E-state index contributed by atoms with van der Waals surface area (Å²) in [5.41, 5.74) is 34.6. The summed E-state index contributed by atoms with van der Waals surface area (Å²) in [6, 6.07) is 82.6. The van der Waals surface area contributed by atoms with Crippen LogP contribution in [0, 0.1) is 5.92 Å². The Hall–Kier alpha value is -12.5. The van der Waals surface area contributed by atoms with Crippen LogP contribution >= 0.6 is 0 Å². The van der Waals surface area contributed by atoms with Gasteiger partial charge in [-0.1, -0.05) is 242 Å². The number of fused-ring (bicyclic) bond motifs is 18. The summed E-state index contributed by atoms with van der Waals surface area (Å²) in [5.74, 6) is -0.276. The minimum atomic E-state index is -0.326. The van der Waals surface area contributed by atoms with Crippen LogP contribution in [0.2, 0.25) is 0 Å². The summed E-state index contributed by atoms with van der Waals surface area (Å²) in [6.45, 7) is 29.7. The second-order valence-corrected chi connectivity index (χ2v) is 40.9. The van der Waals surface area contributed by atoms with Crippen molar-refractivity contribution in [3.05, 3.63) is 392 Å². The fraction of sp³-hybridized carbons (Fsp3) is 0.281. The lowest BCUT2D eigenvalue weighted by molar-refractivity contribution is -0.401. The Labute approximate surface area is 752 Å². The number of likely N-dealkylation sites (N-methyl/N-ethyl adjacent to an activating group) is 3. The molecule has 6 aliphatic heterocycles. The van der Waals surface area contributed by atoms with Crippen molar-refractivity contribution in [3.8, 4) is 0 Å². The van der Waals surface area contributed by atoms with Crippen LogP contribution in [0.15, 0.2) is 359 Å². The number of hydrogen-bond acceptors (Lipinski definition) is 3. The minimum Gasteiger partial charge on any atom is -0.347 e. The Balaban J connectivity index is 0.881. The third-order valence-corrected chi connectivity index (χ3v) is 31.6. The number of allylic oxidation sites excluding steroid dienone is 24. The molecule has 127 heavy (non-hydrogen) atoms. The number of rotatable bonds is 12. The van der Waals surface area contributed by atoms with Gasteiger partial charge in [0, 0.05) is 131 Å². The zero-order chi connectivity index (χ0) is 87.9. The van der Waals surface area contributed by atoms with E-state index in [1.54, 1.807) is 0 Å². The van der Waals surface area contributed by atoms with E-state index in [0.29, 0.717) is 0 Å². The Kier molecular flexibility index (Phi) is 19.3. The average Bonchev–Trinajstić information content (AvgIpc) is 1.60. The Bertz CT molecular complexity index is 6660. The molecule has 9 aliphatic rings. The van der Waals surface area contributed by atoms with Gasteiger partial charge in [-0.05, 0) is 285 Å². The molecule has 3 aliphatic carbocycles. The Morgan fingerprint density at radius 2 is 0.480 bits per heavy atom. The van der Waals surface area contributed by atoms with Gasteiger partial charge >= 0.3 is 0 Å². The lowest BCUT2D eigenvalue weighted by Gasteiger charge is -2.39. The molecule has 0 fully saturated rings. The maximum atomic E-state index is 2.65. The highest BCUT2D eigenvalue weighted by molar-refractivity contribution is 6.11. The van der Waals surface area contributed by atoms with E-state index in [1.807, 2.05) is 0 Å². The van der Waals surface area contributed by atoms with Gasteiger partial charge < -0.3 is 14.7 Å². The van der Waals surface area contributed by atoms with Crippen LogP contribution in [0.3, 0.4) is 0 Å². The molecule has 6 nitrogen and oxygen atoms in total. The first-order valence-corrected chi connectivity index (χ1v) is 46.7. The Morgan fingerprint density at radius 3 is 0.732 bits per heavy atom. The molecule has 0 atom stereocenters. The van der Waals surface area contributed by atoms with Crippen molar-refractivity contribution in [2.24, 2.45) is 5.92 Å². The second kappa shape index (κ2) is 30.1. The molecule has 0 saturated carbocycles. The lowest BCUT2D eigenvalue weighted by atomic mass is 9.64. The van der Waals surface area contributed by atoms with Crippen molar-refractivity contribution in [2.75, 3.05) is 57.0 Å². The molecule has 12 aromatic carbocycles. The molecule has 12 aromatic rings. The van der Waals surface area contributed by atoms with Crippen LogP contribution in [0.25, 0.3) is 64.6 Å². The molecule has 0 aromatic heterocycles. The molecule has 632 valence electrons. The molecular weight excluding hydrogens is 1540 g/mol. The third-order valence-electron chi connectivity index (χ3n) is 31.6. The molecule has 6 heterocycles. The van der Waals surface area contributed by atoms with E-state index in [2.05, 4.69) is 445 Å². The maximum Gasteiger partial charge on any atom is 0.210 e. The van der Waals surface area contributed by atoms with E-state index in [4.69, 9.17) is 0 Å². The summed E-state index contributed by atoms with van der Waals surface area (Å²) in [4.78, 5) is 7.56. The van der Waals surface area contributed by atoms with Crippen molar-refractivity contribution in [1.82, 2.24) is 0 Å². The van der Waals surface area contributed by atoms with Crippen molar-refractivity contribution >= 4 is 116 Å². The van der Waals surface area contributed by atoms with Gasteiger partial charge in [0.15, 0.2) is 17.1 Å². The van der Waals surface area contributed by atoms with Crippen molar-refractivity contribution < 1.29 is 13.7 Å². The van der Waals surface area contributed by atoms with Crippen LogP contribution in [0.4, 0.5) is 34.1 Å². The fourth-order valence-electron chi connectivity index (χ4n) is 25.7. The first kappa shape index (κ1) is 81.5. The fourth-order valence-corrected chi connectivity index (χ4v) is 25.7. The topological polar surface area (TPSA) is 18.8 Å². The molecule has 6 heteroatoms. The highest BCUT2D eigenvalue weighted by atomic mass is 15.2. The third kappa shape index (κ3) is 12.5. The number of nitrogens with zero attached hydrogens (tertiary/aromatic N) is 6. The summed E-state index contributed by atoms with van der Waals surface area (Å²) >= 11 is 0. The van der Waals surface area contributed by atoms with Gasteiger partial charge in [-0.15, -0.1) is 0 Å². The van der Waals surface area contributed by atoms with Gasteiger partial charge in [-0.3, -0.25) is 0 Å². The van der Waals surface area contributed by atoms with Gasteiger partial charge in [-0.2, -0.15) is 13.7 Å². The predicted octanol–water partition coefficient (Wildman–Crippen LogP) is 29.5. The largest absolute Gasteiger partial charge is 0.347 e. The van der Waals surface area contributed by atoms with Gasteiger partial charge in [0.2, 0.25) is 17.1 Å². The predicted molar refractivity (Wildman–Crippen MR) is 542 cm³/mol. The van der Waals surface area contributed by atoms with E-state index in [0.717, 1.165) is 57.8 Å². The highest BCUT2D eigenvalue weighted by Gasteiger charge is 2.50. The maximum absolute atomic E-state index is 2.65. The van der Waals surface area contributed by atoms with Crippen molar-refractivity contribution in [3.63, 3.8) is 0 Å². The van der Waals surface area contributed by atoms with Gasteiger partial charge in [-0.25, -0.2) is 0 Å². The standard InChI is InChI=1S/C121H121N6/c1-116(2)100(122(13)94-64-52-76-34-19-25-46-88(76)110(94)116)70-58-82-40-31-41-83(59-71-101-117(3,4)111-89-47-26-20-35-77(89)53-65-95(111)123(101)14)106(82)109(107-84(60-72-102-118(5,6)112-90-48-27-21-36-78(90)54-66-96(112)124(102)15)42-32-43-85(107)61-73-103-119(7,8)113-91-49-28-22-37-79(91)55-67-97(113)125(103)16)108-86(62-74-104-120(9,10)114-92-50-29-23-38-80(92)56-68-98(114)126(104)17)44-33-45-87(108)63-75-105-121(11,12)115-93-51-30-24-39-81(93)57-69-99(115)127(105)18/h19-30,34-39,46-75,109H,31-33,40-45H2,1-18H3/q+3. The normalized spacial score (nSPS) is 21.9. The van der Waals surface area contributed by atoms with E-state index >= 15 is 0 Å². The number of benzene rings is 12. The lowest BCUT2D eigenvalue weighted by Crippen LogP contribution is -2.28. The van der Waals surface area contributed by atoms with Crippen molar-refractivity contribution in [1.29, 1.82) is 0 Å². The number of hydrogen-bond donors (Lipinski definition) is 0. The molecule has 0 radical (unpaired) electrons. The van der Waals surface area contributed by atoms with Crippen LogP contribution < -0.4 is 14.7 Å². The first-order chi connectivity index (χ1) is 61.1. The summed E-state index contributed by atoms with van der Waals surface area (Å²) < 4.78 is 7.56. The molecular formula is C121H121N6+3. The van der Waals surface area contributed by atoms with Crippen LogP contribution in [0.5, 0.6) is 0 Å². The van der Waals surface area contributed by atoms with Gasteiger partial charge in [0.05, 0.1) is 16.2 Å². The van der Waals surface area contributed by atoms with Crippen LogP contribution in [-0.4, -0.2) is 73.1 Å². The zero-order valence-electron chi connectivity index (χ0n) is 77.8. The van der Waals surface area contributed by atoms with Crippen LogP contribution in [-0.2, 0) is 32.5 Å². The first-order valence-electron chi connectivity index (χ1n) is 46.7. The van der Waals surface area contributed by atoms with E-state index < -0.39 is 0 Å². The van der Waals surface area contributed by atoms with E-state index in [1.165, 1.54) is 217 Å². The van der Waals surface area contributed by atoms with E-state index in [-0.39, 0.29) is 38.4 Å². The molecule has 0 saturated heterocycles. The average molecular weight is 1660 g/mol. The SMILES string of the molecule is CN1C(=CC=C2CCCC(C=CC3=[N+](C)c4ccc5ccccc5c4C3(C)C)=C2C(C2=C(C=CC3=[N+](C)c4ccc5ccccc5c4C3(C)C)CCCC2=CC=C2N(C)c3ccc4ccccc4c3C2(C)C)C2=C(C=CC3=[N+](C)c4ccc5ccccc5c4C3(C)C)CCCC2=CC=C2N(C)c3ccc4ccccc4c3C2(C)C)C(C)(C)c2c1ccc1ccccc21. The van der Waals surface area contributed by atoms with Gasteiger partial charge in [0.1, 0.15) is 21.1 Å². The Morgan fingerprint density at radius 1 is 0.252 bits per heavy atom. The van der Waals surface area contributed by atoms with E-state index in [9.17, 15) is 0 Å². The molecule has 0 bridgehead atoms. The molecule has 0 unspecified atom stereocenters. The smallest absolute Gasteiger partial charge is 0.210 e. The zero-order valence-corrected chi connectivity index (χ0v) is 77.8. The minimum absolute atomic E-state index is 0.276. The molecule has 0 N–H and O–H groups in total. The quantitative estimate of drug-likeness (QED) is 0.114.